The summed E-state index contributed by atoms with van der Waals surface area (Å²) in [5.41, 5.74) is 4.32. The second-order valence-electron chi connectivity index (χ2n) is 8.63. The number of hydrogen-bond acceptors (Lipinski definition) is 4. The first-order valence-corrected chi connectivity index (χ1v) is 13.1. The van der Waals surface area contributed by atoms with Crippen LogP contribution in [0.3, 0.4) is 0 Å². The summed E-state index contributed by atoms with van der Waals surface area (Å²) in [6.07, 6.45) is 1.20. The van der Waals surface area contributed by atoms with Crippen molar-refractivity contribution in [2.24, 2.45) is 0 Å². The zero-order valence-corrected chi connectivity index (χ0v) is 20.9. The minimum atomic E-state index is -3.59. The lowest BCUT2D eigenvalue weighted by atomic mass is 9.90. The molecule has 0 radical (unpaired) electrons. The van der Waals surface area contributed by atoms with Crippen molar-refractivity contribution in [1.82, 2.24) is 14.6 Å². The Bertz CT molecular complexity index is 1280. The SMILES string of the molecule is Cc1ccc(C(=O)NCc2ccccc2C)c(C2CCN(S(=O)(=O)c3ccc(Cl)cc3)CC2)n1. The topological polar surface area (TPSA) is 79.4 Å². The predicted molar refractivity (Wildman–Crippen MR) is 134 cm³/mol. The van der Waals surface area contributed by atoms with Gasteiger partial charge in [-0.3, -0.25) is 9.78 Å². The minimum absolute atomic E-state index is 0.00998. The van der Waals surface area contributed by atoms with E-state index in [2.05, 4.69) is 5.32 Å². The molecule has 8 heteroatoms. The van der Waals surface area contributed by atoms with Crippen molar-refractivity contribution in [3.8, 4) is 0 Å². The van der Waals surface area contributed by atoms with Crippen LogP contribution in [-0.2, 0) is 16.6 Å². The second kappa shape index (κ2) is 10.3. The van der Waals surface area contributed by atoms with E-state index in [9.17, 15) is 13.2 Å². The maximum atomic E-state index is 13.1. The molecule has 1 aliphatic rings. The van der Waals surface area contributed by atoms with E-state index in [-0.39, 0.29) is 16.7 Å². The lowest BCUT2D eigenvalue weighted by molar-refractivity contribution is 0.0948. The molecule has 1 saturated heterocycles. The van der Waals surface area contributed by atoms with E-state index in [1.807, 2.05) is 50.2 Å². The van der Waals surface area contributed by atoms with Crippen LogP contribution < -0.4 is 5.32 Å². The van der Waals surface area contributed by atoms with Crippen LogP contribution in [-0.4, -0.2) is 36.7 Å². The van der Waals surface area contributed by atoms with Crippen LogP contribution in [0.1, 0.15) is 51.6 Å². The molecule has 4 rings (SSSR count). The van der Waals surface area contributed by atoms with Gasteiger partial charge in [-0.2, -0.15) is 4.31 Å². The quantitative estimate of drug-likeness (QED) is 0.528. The number of nitrogens with zero attached hydrogens (tertiary/aromatic N) is 2. The third kappa shape index (κ3) is 5.32. The van der Waals surface area contributed by atoms with Crippen LogP contribution in [0.15, 0.2) is 65.6 Å². The molecule has 2 aromatic carbocycles. The fourth-order valence-corrected chi connectivity index (χ4v) is 5.88. The molecule has 178 valence electrons. The van der Waals surface area contributed by atoms with Gasteiger partial charge in [0.25, 0.3) is 5.91 Å². The van der Waals surface area contributed by atoms with Crippen LogP contribution in [0, 0.1) is 13.8 Å². The van der Waals surface area contributed by atoms with E-state index >= 15 is 0 Å². The Labute approximate surface area is 206 Å². The van der Waals surface area contributed by atoms with Crippen LogP contribution in [0.4, 0.5) is 0 Å². The first kappa shape index (κ1) is 24.4. The number of nitrogens with one attached hydrogen (secondary N) is 1. The summed E-state index contributed by atoms with van der Waals surface area (Å²) in [5, 5.41) is 3.51. The average molecular weight is 498 g/mol. The molecule has 1 aromatic heterocycles. The van der Waals surface area contributed by atoms with Crippen LogP contribution in [0.5, 0.6) is 0 Å². The molecule has 6 nitrogen and oxygen atoms in total. The number of sulfonamides is 1. The van der Waals surface area contributed by atoms with Gasteiger partial charge in [0.05, 0.1) is 16.2 Å². The molecule has 0 unspecified atom stereocenters. The Balaban J connectivity index is 1.48. The maximum Gasteiger partial charge on any atom is 0.253 e. The molecule has 0 aliphatic carbocycles. The summed E-state index contributed by atoms with van der Waals surface area (Å²) in [5.74, 6) is -0.155. The molecule has 1 amide bonds. The number of piperidine rings is 1. The number of carbonyl (C=O) groups excluding carboxylic acids is 1. The summed E-state index contributed by atoms with van der Waals surface area (Å²) in [6, 6.07) is 17.8. The molecule has 1 N–H and O–H groups in total. The average Bonchev–Trinajstić information content (AvgIpc) is 2.83. The number of aromatic nitrogens is 1. The fraction of sp³-hybridized carbons (Fsp3) is 0.308. The van der Waals surface area contributed by atoms with Gasteiger partial charge in [-0.1, -0.05) is 35.9 Å². The summed E-state index contributed by atoms with van der Waals surface area (Å²) in [4.78, 5) is 18.0. The van der Waals surface area contributed by atoms with Gasteiger partial charge in [0, 0.05) is 36.3 Å². The van der Waals surface area contributed by atoms with Gasteiger partial charge in [0.2, 0.25) is 10.0 Å². The number of pyridine rings is 1. The number of benzene rings is 2. The van der Waals surface area contributed by atoms with Crippen molar-refractivity contribution < 1.29 is 13.2 Å². The highest BCUT2D eigenvalue weighted by molar-refractivity contribution is 7.89. The van der Waals surface area contributed by atoms with Gasteiger partial charge in [-0.15, -0.1) is 0 Å². The van der Waals surface area contributed by atoms with Crippen molar-refractivity contribution in [2.45, 2.75) is 44.0 Å². The second-order valence-corrected chi connectivity index (χ2v) is 11.0. The molecule has 0 saturated carbocycles. The molecule has 0 bridgehead atoms. The number of halogens is 1. The Morgan fingerprint density at radius 3 is 2.38 bits per heavy atom. The number of aryl methyl sites for hydroxylation is 2. The minimum Gasteiger partial charge on any atom is -0.348 e. The third-order valence-electron chi connectivity index (χ3n) is 6.30. The van der Waals surface area contributed by atoms with Crippen molar-refractivity contribution in [2.75, 3.05) is 13.1 Å². The van der Waals surface area contributed by atoms with Crippen molar-refractivity contribution >= 4 is 27.5 Å². The summed E-state index contributed by atoms with van der Waals surface area (Å²) in [6.45, 7) is 5.10. The predicted octanol–water partition coefficient (Wildman–Crippen LogP) is 4.85. The van der Waals surface area contributed by atoms with E-state index < -0.39 is 10.0 Å². The van der Waals surface area contributed by atoms with Gasteiger partial charge < -0.3 is 5.32 Å². The van der Waals surface area contributed by atoms with Crippen molar-refractivity contribution in [3.63, 3.8) is 0 Å². The lowest BCUT2D eigenvalue weighted by Gasteiger charge is -2.31. The summed E-state index contributed by atoms with van der Waals surface area (Å²) < 4.78 is 27.5. The normalized spacial score (nSPS) is 15.3. The lowest BCUT2D eigenvalue weighted by Crippen LogP contribution is -2.38. The maximum absolute atomic E-state index is 13.1. The van der Waals surface area contributed by atoms with Gasteiger partial charge in [0.15, 0.2) is 0 Å². The largest absolute Gasteiger partial charge is 0.348 e. The van der Waals surface area contributed by atoms with Crippen LogP contribution in [0.2, 0.25) is 5.02 Å². The molecular weight excluding hydrogens is 470 g/mol. The molecule has 3 aromatic rings. The summed E-state index contributed by atoms with van der Waals surface area (Å²) in [7, 11) is -3.59. The first-order valence-electron chi connectivity index (χ1n) is 11.3. The molecule has 1 fully saturated rings. The Morgan fingerprint density at radius 1 is 1.03 bits per heavy atom. The molecular formula is C26H28ClN3O3S. The molecule has 0 spiro atoms. The van der Waals surface area contributed by atoms with E-state index in [0.29, 0.717) is 43.1 Å². The monoisotopic (exact) mass is 497 g/mol. The van der Waals surface area contributed by atoms with E-state index in [4.69, 9.17) is 16.6 Å². The molecule has 2 heterocycles. The first-order chi connectivity index (χ1) is 16.3. The van der Waals surface area contributed by atoms with Gasteiger partial charge >= 0.3 is 0 Å². The van der Waals surface area contributed by atoms with Gasteiger partial charge in [-0.25, -0.2) is 8.42 Å². The zero-order chi connectivity index (χ0) is 24.3. The van der Waals surface area contributed by atoms with Crippen molar-refractivity contribution in [3.05, 3.63) is 93.8 Å². The smallest absolute Gasteiger partial charge is 0.253 e. The number of carbonyl (C=O) groups is 1. The fourth-order valence-electron chi connectivity index (χ4n) is 4.28. The van der Waals surface area contributed by atoms with Crippen LogP contribution in [0.25, 0.3) is 0 Å². The Morgan fingerprint density at radius 2 is 1.71 bits per heavy atom. The number of amides is 1. The van der Waals surface area contributed by atoms with Crippen molar-refractivity contribution in [1.29, 1.82) is 0 Å². The van der Waals surface area contributed by atoms with E-state index in [0.717, 1.165) is 22.5 Å². The molecule has 1 aliphatic heterocycles. The zero-order valence-electron chi connectivity index (χ0n) is 19.3. The molecule has 34 heavy (non-hydrogen) atoms. The standard InChI is InChI=1S/C26H28ClN3O3S/c1-18-5-3-4-6-21(18)17-28-26(31)24-12-7-19(2)29-25(24)20-13-15-30(16-14-20)34(32,33)23-10-8-22(27)9-11-23/h3-12,20H,13-17H2,1-2H3,(H,28,31). The van der Waals surface area contributed by atoms with Crippen LogP contribution >= 0.6 is 11.6 Å². The third-order valence-corrected chi connectivity index (χ3v) is 8.47. The van der Waals surface area contributed by atoms with E-state index in [1.165, 1.54) is 16.4 Å². The Kier molecular flexibility index (Phi) is 7.36. The van der Waals surface area contributed by atoms with Gasteiger partial charge in [0.1, 0.15) is 0 Å². The number of rotatable bonds is 6. The number of hydrogen-bond donors (Lipinski definition) is 1. The summed E-state index contributed by atoms with van der Waals surface area (Å²) >= 11 is 5.90. The molecule has 0 atom stereocenters. The van der Waals surface area contributed by atoms with E-state index in [1.54, 1.807) is 12.1 Å². The highest BCUT2D eigenvalue weighted by atomic mass is 35.5. The highest BCUT2D eigenvalue weighted by Crippen LogP contribution is 2.32. The highest BCUT2D eigenvalue weighted by Gasteiger charge is 2.32. The Hall–Kier alpha value is -2.74. The van der Waals surface area contributed by atoms with Gasteiger partial charge in [-0.05, 0) is 74.2 Å².